The number of oxime groups is 1. The lowest BCUT2D eigenvalue weighted by Crippen LogP contribution is -2.05. The van der Waals surface area contributed by atoms with Gasteiger partial charge >= 0.3 is 0 Å². The minimum atomic E-state index is 0.510. The summed E-state index contributed by atoms with van der Waals surface area (Å²) in [6.07, 6.45) is 2.61. The minimum absolute atomic E-state index is 0.510. The molecular formula is C5H12N2O. The van der Waals surface area contributed by atoms with Gasteiger partial charge in [0.15, 0.2) is 0 Å². The van der Waals surface area contributed by atoms with Crippen LogP contribution >= 0.6 is 0 Å². The molecule has 0 heterocycles. The topological polar surface area (TPSA) is 47.6 Å². The van der Waals surface area contributed by atoms with Gasteiger partial charge in [-0.1, -0.05) is 12.1 Å². The molecular weight excluding hydrogens is 104 g/mol. The van der Waals surface area contributed by atoms with Crippen LogP contribution in [0.2, 0.25) is 0 Å². The zero-order valence-corrected chi connectivity index (χ0v) is 5.13. The summed E-state index contributed by atoms with van der Waals surface area (Å²) >= 11 is 0. The molecule has 48 valence electrons. The second kappa shape index (κ2) is 6.43. The third-order valence-corrected chi connectivity index (χ3v) is 0.541. The van der Waals surface area contributed by atoms with Crippen molar-refractivity contribution in [2.75, 3.05) is 13.2 Å². The van der Waals surface area contributed by atoms with Crippen LogP contribution < -0.4 is 5.73 Å². The normalized spacial score (nSPS) is 10.2. The Balaban J connectivity index is 2.80. The molecule has 2 N–H and O–H groups in total. The van der Waals surface area contributed by atoms with E-state index < -0.39 is 0 Å². The largest absolute Gasteiger partial charge is 0.395 e. The van der Waals surface area contributed by atoms with Crippen molar-refractivity contribution in [3.05, 3.63) is 0 Å². The van der Waals surface area contributed by atoms with Crippen LogP contribution in [0.3, 0.4) is 0 Å². The fraction of sp³-hybridized carbons (Fsp3) is 0.800. The second-order valence-corrected chi connectivity index (χ2v) is 1.32. The Morgan fingerprint density at radius 2 is 2.50 bits per heavy atom. The van der Waals surface area contributed by atoms with E-state index in [4.69, 9.17) is 5.73 Å². The van der Waals surface area contributed by atoms with Crippen molar-refractivity contribution in [3.8, 4) is 0 Å². The lowest BCUT2D eigenvalue weighted by atomic mass is 10.6. The minimum Gasteiger partial charge on any atom is -0.395 e. The van der Waals surface area contributed by atoms with E-state index in [9.17, 15) is 0 Å². The predicted molar refractivity (Wildman–Crippen MR) is 33.8 cm³/mol. The highest BCUT2D eigenvalue weighted by molar-refractivity contribution is 5.55. The molecule has 0 radical (unpaired) electrons. The van der Waals surface area contributed by atoms with Gasteiger partial charge in [0, 0.05) is 12.8 Å². The summed E-state index contributed by atoms with van der Waals surface area (Å²) in [5.41, 5.74) is 5.11. The maximum absolute atomic E-state index is 5.11. The van der Waals surface area contributed by atoms with Gasteiger partial charge in [-0.25, -0.2) is 0 Å². The fourth-order valence-corrected chi connectivity index (χ4v) is 0.233. The van der Waals surface area contributed by atoms with Crippen LogP contribution in [-0.4, -0.2) is 19.4 Å². The van der Waals surface area contributed by atoms with Gasteiger partial charge in [0.05, 0.1) is 0 Å². The molecule has 0 saturated heterocycles. The molecule has 0 bridgehead atoms. The molecule has 0 aromatic rings. The average molecular weight is 116 g/mol. The predicted octanol–water partition coefficient (Wildman–Crippen LogP) is 0.358. The molecule has 0 aromatic heterocycles. The first-order valence-electron chi connectivity index (χ1n) is 2.75. The van der Waals surface area contributed by atoms with E-state index in [1.54, 1.807) is 6.21 Å². The van der Waals surface area contributed by atoms with Gasteiger partial charge in [0.2, 0.25) is 0 Å². The van der Waals surface area contributed by atoms with E-state index in [2.05, 4.69) is 9.99 Å². The van der Waals surface area contributed by atoms with E-state index >= 15 is 0 Å². The molecule has 3 nitrogen and oxygen atoms in total. The van der Waals surface area contributed by atoms with Crippen LogP contribution in [0.4, 0.5) is 0 Å². The molecule has 0 aliphatic carbocycles. The van der Waals surface area contributed by atoms with E-state index in [0.29, 0.717) is 13.2 Å². The lowest BCUT2D eigenvalue weighted by molar-refractivity contribution is 0.153. The number of nitrogens with zero attached hydrogens (tertiary/aromatic N) is 1. The Bertz CT molecular complexity index is 63.4. The maximum atomic E-state index is 5.11. The molecule has 0 atom stereocenters. The number of hydrogen-bond donors (Lipinski definition) is 1. The van der Waals surface area contributed by atoms with Crippen LogP contribution in [0.15, 0.2) is 5.16 Å². The third kappa shape index (κ3) is 5.43. The van der Waals surface area contributed by atoms with E-state index in [1.807, 2.05) is 6.92 Å². The van der Waals surface area contributed by atoms with Crippen molar-refractivity contribution in [1.29, 1.82) is 0 Å². The Hall–Kier alpha value is -0.570. The summed E-state index contributed by atoms with van der Waals surface area (Å²) in [5.74, 6) is 0. The van der Waals surface area contributed by atoms with Crippen molar-refractivity contribution in [2.24, 2.45) is 10.9 Å². The standard InChI is InChI=1S/C5H12N2O/c1-2-4-7-8-5-3-6/h4H,2-3,5-6H2,1H3/b7-4+. The second-order valence-electron chi connectivity index (χ2n) is 1.32. The molecule has 0 fully saturated rings. The average Bonchev–Trinajstić information content (AvgIpc) is 1.81. The van der Waals surface area contributed by atoms with Gasteiger partial charge in [-0.2, -0.15) is 0 Å². The molecule has 0 aromatic carbocycles. The molecule has 0 unspecified atom stereocenters. The van der Waals surface area contributed by atoms with Crippen molar-refractivity contribution in [1.82, 2.24) is 0 Å². The molecule has 0 aliphatic rings. The van der Waals surface area contributed by atoms with E-state index in [1.165, 1.54) is 0 Å². The SMILES string of the molecule is CC/C=N/OCCN. The molecule has 0 rings (SSSR count). The monoisotopic (exact) mass is 116 g/mol. The number of hydrogen-bond acceptors (Lipinski definition) is 3. The zero-order valence-electron chi connectivity index (χ0n) is 5.13. The highest BCUT2D eigenvalue weighted by atomic mass is 16.6. The summed E-state index contributed by atoms with van der Waals surface area (Å²) in [6.45, 7) is 3.03. The first-order valence-corrected chi connectivity index (χ1v) is 2.75. The summed E-state index contributed by atoms with van der Waals surface area (Å²) in [5, 5.41) is 3.57. The van der Waals surface area contributed by atoms with Crippen LogP contribution in [0.5, 0.6) is 0 Å². The molecule has 0 amide bonds. The van der Waals surface area contributed by atoms with Crippen molar-refractivity contribution in [2.45, 2.75) is 13.3 Å². The number of nitrogens with two attached hydrogens (primary N) is 1. The number of rotatable bonds is 4. The molecule has 8 heavy (non-hydrogen) atoms. The van der Waals surface area contributed by atoms with Crippen molar-refractivity contribution < 1.29 is 4.84 Å². The molecule has 0 spiro atoms. The highest BCUT2D eigenvalue weighted by Gasteiger charge is 1.73. The van der Waals surface area contributed by atoms with Crippen molar-refractivity contribution in [3.63, 3.8) is 0 Å². The summed E-state index contributed by atoms with van der Waals surface area (Å²) in [4.78, 5) is 4.67. The first kappa shape index (κ1) is 7.43. The van der Waals surface area contributed by atoms with Crippen LogP contribution in [0.25, 0.3) is 0 Å². The van der Waals surface area contributed by atoms with Gasteiger partial charge in [-0.05, 0) is 6.42 Å². The zero-order chi connectivity index (χ0) is 6.24. The Morgan fingerprint density at radius 3 is 3.00 bits per heavy atom. The van der Waals surface area contributed by atoms with Crippen molar-refractivity contribution >= 4 is 6.21 Å². The Kier molecular flexibility index (Phi) is 5.97. The van der Waals surface area contributed by atoms with Gasteiger partial charge in [-0.3, -0.25) is 0 Å². The van der Waals surface area contributed by atoms with Gasteiger partial charge in [0.1, 0.15) is 6.61 Å². The fourth-order valence-electron chi connectivity index (χ4n) is 0.233. The van der Waals surface area contributed by atoms with E-state index in [0.717, 1.165) is 6.42 Å². The van der Waals surface area contributed by atoms with Gasteiger partial charge < -0.3 is 10.6 Å². The van der Waals surface area contributed by atoms with Crippen LogP contribution in [0, 0.1) is 0 Å². The Labute approximate surface area is 49.5 Å². The third-order valence-electron chi connectivity index (χ3n) is 0.541. The molecule has 3 heteroatoms. The first-order chi connectivity index (χ1) is 3.91. The smallest absolute Gasteiger partial charge is 0.129 e. The molecule has 0 aliphatic heterocycles. The molecule has 0 saturated carbocycles. The van der Waals surface area contributed by atoms with E-state index in [-0.39, 0.29) is 0 Å². The summed E-state index contributed by atoms with van der Waals surface area (Å²) in [6, 6.07) is 0. The van der Waals surface area contributed by atoms with Crippen LogP contribution in [-0.2, 0) is 4.84 Å². The quantitative estimate of drug-likeness (QED) is 0.327. The summed E-state index contributed by atoms with van der Waals surface area (Å²) < 4.78 is 0. The van der Waals surface area contributed by atoms with Gasteiger partial charge in [-0.15, -0.1) is 0 Å². The maximum Gasteiger partial charge on any atom is 0.129 e. The lowest BCUT2D eigenvalue weighted by Gasteiger charge is -1.90. The highest BCUT2D eigenvalue weighted by Crippen LogP contribution is 1.72. The summed E-state index contributed by atoms with van der Waals surface area (Å²) in [7, 11) is 0. The Morgan fingerprint density at radius 1 is 1.75 bits per heavy atom. The van der Waals surface area contributed by atoms with Gasteiger partial charge in [0.25, 0.3) is 0 Å². The van der Waals surface area contributed by atoms with Crippen LogP contribution in [0.1, 0.15) is 13.3 Å².